The molecule has 0 spiro atoms. The second kappa shape index (κ2) is 7.77. The highest BCUT2D eigenvalue weighted by Gasteiger charge is 2.36. The molecule has 0 bridgehead atoms. The van der Waals surface area contributed by atoms with Crippen molar-refractivity contribution in [2.45, 2.75) is 6.54 Å². The molecular formula is C18H10BrClINO5S. The fourth-order valence-electron chi connectivity index (χ4n) is 2.72. The first-order valence-corrected chi connectivity index (χ1v) is 10.9. The Kier molecular flexibility index (Phi) is 5.51. The number of imide groups is 1. The molecule has 0 aromatic heterocycles. The van der Waals surface area contributed by atoms with Crippen LogP contribution in [0.25, 0.3) is 6.08 Å². The van der Waals surface area contributed by atoms with Crippen molar-refractivity contribution in [3.05, 3.63) is 53.4 Å². The van der Waals surface area contributed by atoms with E-state index in [0.717, 1.165) is 21.1 Å². The number of thioether (sulfide) groups is 1. The predicted molar refractivity (Wildman–Crippen MR) is 118 cm³/mol. The number of benzene rings is 2. The van der Waals surface area contributed by atoms with Crippen LogP contribution in [0.1, 0.15) is 11.1 Å². The Morgan fingerprint density at radius 3 is 2.71 bits per heavy atom. The third-order valence-corrected chi connectivity index (χ3v) is 6.63. The van der Waals surface area contributed by atoms with Gasteiger partial charge in [0.25, 0.3) is 11.1 Å². The Morgan fingerprint density at radius 1 is 1.25 bits per heavy atom. The third-order valence-electron chi connectivity index (χ3n) is 4.09. The summed E-state index contributed by atoms with van der Waals surface area (Å²) in [5.41, 5.74) is 1.03. The van der Waals surface area contributed by atoms with Gasteiger partial charge in [-0.2, -0.15) is 0 Å². The number of phenolic OH excluding ortho intramolecular Hbond substituents is 1. The smallest absolute Gasteiger partial charge is 0.293 e. The van der Waals surface area contributed by atoms with Gasteiger partial charge in [0.1, 0.15) is 5.75 Å². The molecule has 2 aromatic rings. The van der Waals surface area contributed by atoms with Crippen LogP contribution in [0.4, 0.5) is 4.79 Å². The molecule has 1 saturated heterocycles. The maximum atomic E-state index is 12.8. The van der Waals surface area contributed by atoms with E-state index in [1.165, 1.54) is 6.08 Å². The molecule has 1 N–H and O–H groups in total. The van der Waals surface area contributed by atoms with Crippen molar-refractivity contribution in [1.82, 2.24) is 4.90 Å². The number of nitrogens with zero attached hydrogens (tertiary/aromatic N) is 1. The molecule has 2 heterocycles. The third kappa shape index (κ3) is 3.72. The van der Waals surface area contributed by atoms with Crippen LogP contribution < -0.4 is 9.47 Å². The zero-order chi connectivity index (χ0) is 20.0. The molecule has 0 atom stereocenters. The molecule has 2 aromatic carbocycles. The highest BCUT2D eigenvalue weighted by molar-refractivity contribution is 14.1. The molecule has 2 aliphatic rings. The zero-order valence-corrected chi connectivity index (χ0v) is 19.2. The molecule has 1 fully saturated rings. The van der Waals surface area contributed by atoms with Crippen molar-refractivity contribution < 1.29 is 24.2 Å². The van der Waals surface area contributed by atoms with Crippen LogP contribution in [-0.2, 0) is 11.3 Å². The maximum absolute atomic E-state index is 12.8. The molecule has 10 heteroatoms. The lowest BCUT2D eigenvalue weighted by Gasteiger charge is -2.14. The quantitative estimate of drug-likeness (QED) is 0.380. The van der Waals surface area contributed by atoms with Gasteiger partial charge in [-0.25, -0.2) is 0 Å². The largest absolute Gasteiger partial charge is 0.506 e. The number of halogens is 3. The molecule has 4 rings (SSSR count). The number of carbonyl (C=O) groups excluding carboxylic acids is 2. The molecule has 0 aliphatic carbocycles. The number of carbonyl (C=O) groups is 2. The summed E-state index contributed by atoms with van der Waals surface area (Å²) in [6.45, 7) is 0.119. The molecule has 0 radical (unpaired) electrons. The number of rotatable bonds is 3. The normalized spacial score (nSPS) is 17.1. The van der Waals surface area contributed by atoms with Crippen molar-refractivity contribution in [3.63, 3.8) is 0 Å². The average molecular weight is 595 g/mol. The van der Waals surface area contributed by atoms with Crippen LogP contribution in [-0.4, -0.2) is 27.9 Å². The lowest BCUT2D eigenvalue weighted by molar-refractivity contribution is -0.123. The van der Waals surface area contributed by atoms with Crippen LogP contribution >= 0.6 is 61.9 Å². The van der Waals surface area contributed by atoms with Gasteiger partial charge >= 0.3 is 0 Å². The van der Waals surface area contributed by atoms with Gasteiger partial charge in [0.15, 0.2) is 11.5 Å². The van der Waals surface area contributed by atoms with Crippen molar-refractivity contribution >= 4 is 79.1 Å². The highest BCUT2D eigenvalue weighted by Crippen LogP contribution is 2.40. The Hall–Kier alpha value is -1.43. The van der Waals surface area contributed by atoms with E-state index in [1.54, 1.807) is 24.3 Å². The summed E-state index contributed by atoms with van der Waals surface area (Å²) in [5, 5.41) is 10.2. The number of hydrogen-bond acceptors (Lipinski definition) is 6. The molecule has 144 valence electrons. The topological polar surface area (TPSA) is 76.1 Å². The van der Waals surface area contributed by atoms with Crippen LogP contribution in [0.15, 0.2) is 33.6 Å². The minimum absolute atomic E-state index is 0.0134. The number of aromatic hydroxyl groups is 1. The fourth-order valence-corrected chi connectivity index (χ4v) is 5.32. The van der Waals surface area contributed by atoms with E-state index in [-0.39, 0.29) is 24.0 Å². The second-order valence-electron chi connectivity index (χ2n) is 5.89. The Bertz CT molecular complexity index is 1060. The van der Waals surface area contributed by atoms with E-state index < -0.39 is 11.1 Å². The molecule has 2 amide bonds. The van der Waals surface area contributed by atoms with Crippen LogP contribution in [0.3, 0.4) is 0 Å². The molecule has 6 nitrogen and oxygen atoms in total. The summed E-state index contributed by atoms with van der Waals surface area (Å²) in [5.74, 6) is 0.658. The van der Waals surface area contributed by atoms with Gasteiger partial charge < -0.3 is 14.6 Å². The molecule has 0 unspecified atom stereocenters. The first-order chi connectivity index (χ1) is 13.3. The van der Waals surface area contributed by atoms with Crippen molar-refractivity contribution in [1.29, 1.82) is 0 Å². The minimum atomic E-state index is -0.446. The number of ether oxygens (including phenoxy) is 2. The van der Waals surface area contributed by atoms with E-state index in [2.05, 4.69) is 15.9 Å². The molecule has 28 heavy (non-hydrogen) atoms. The monoisotopic (exact) mass is 593 g/mol. The average Bonchev–Trinajstić information content (AvgIpc) is 3.18. The van der Waals surface area contributed by atoms with E-state index in [1.807, 2.05) is 22.6 Å². The maximum Gasteiger partial charge on any atom is 0.293 e. The number of fused-ring (bicyclic) bond motifs is 1. The minimum Gasteiger partial charge on any atom is -0.506 e. The lowest BCUT2D eigenvalue weighted by Crippen LogP contribution is -2.27. The van der Waals surface area contributed by atoms with E-state index in [0.29, 0.717) is 31.2 Å². The highest BCUT2D eigenvalue weighted by atomic mass is 127. The number of phenols is 1. The van der Waals surface area contributed by atoms with Crippen LogP contribution in [0, 0.1) is 3.57 Å². The summed E-state index contributed by atoms with van der Waals surface area (Å²) in [6, 6.07) is 6.70. The number of hydrogen-bond donors (Lipinski definition) is 1. The summed E-state index contributed by atoms with van der Waals surface area (Å²) >= 11 is 12.4. The lowest BCUT2D eigenvalue weighted by atomic mass is 10.1. The summed E-state index contributed by atoms with van der Waals surface area (Å²) in [6.07, 6.45) is 1.51. The summed E-state index contributed by atoms with van der Waals surface area (Å²) in [4.78, 5) is 26.5. The van der Waals surface area contributed by atoms with Gasteiger partial charge in [0.05, 0.1) is 15.0 Å². The van der Waals surface area contributed by atoms with Crippen LogP contribution in [0.2, 0.25) is 5.02 Å². The van der Waals surface area contributed by atoms with E-state index >= 15 is 0 Å². The molecule has 0 saturated carbocycles. The van der Waals surface area contributed by atoms with Gasteiger partial charge in [-0.3, -0.25) is 14.5 Å². The van der Waals surface area contributed by atoms with Gasteiger partial charge in [0.2, 0.25) is 6.79 Å². The summed E-state index contributed by atoms with van der Waals surface area (Å²) < 4.78 is 12.0. The van der Waals surface area contributed by atoms with Crippen molar-refractivity contribution in [2.24, 2.45) is 0 Å². The van der Waals surface area contributed by atoms with Gasteiger partial charge in [-0.1, -0.05) is 27.5 Å². The molecular weight excluding hydrogens is 585 g/mol. The summed E-state index contributed by atoms with van der Waals surface area (Å²) in [7, 11) is 0. The van der Waals surface area contributed by atoms with Crippen molar-refractivity contribution in [2.75, 3.05) is 6.79 Å². The van der Waals surface area contributed by atoms with Crippen molar-refractivity contribution in [3.8, 4) is 17.2 Å². The first-order valence-electron chi connectivity index (χ1n) is 7.85. The standard InChI is InChI=1S/C18H10BrClINO5S/c19-10-1-8(16(23)12(21)4-10)3-15-17(24)22(18(25)28-15)6-9-2-13-14(5-11(9)20)27-7-26-13/h1-5,23H,6-7H2/b15-3-. The molecule has 2 aliphatic heterocycles. The zero-order valence-electron chi connectivity index (χ0n) is 13.9. The van der Waals surface area contributed by atoms with Crippen LogP contribution in [0.5, 0.6) is 17.2 Å². The fraction of sp³-hybridized carbons (Fsp3) is 0.111. The Balaban J connectivity index is 1.62. The number of amides is 2. The van der Waals surface area contributed by atoms with Gasteiger partial charge in [-0.05, 0) is 64.2 Å². The predicted octanol–water partition coefficient (Wildman–Crippen LogP) is 5.38. The Labute approximate surface area is 191 Å². The second-order valence-corrected chi connectivity index (χ2v) is 9.37. The van der Waals surface area contributed by atoms with Gasteiger partial charge in [0, 0.05) is 21.1 Å². The van der Waals surface area contributed by atoms with Gasteiger partial charge in [-0.15, -0.1) is 0 Å². The SMILES string of the molecule is O=C1S/C(=C\c2cc(Br)cc(I)c2O)C(=O)N1Cc1cc2c(cc1Cl)OCO2. The van der Waals surface area contributed by atoms with E-state index in [9.17, 15) is 14.7 Å². The first kappa shape index (κ1) is 19.9. The Morgan fingerprint density at radius 2 is 1.96 bits per heavy atom. The van der Waals surface area contributed by atoms with E-state index in [4.69, 9.17) is 21.1 Å².